The van der Waals surface area contributed by atoms with E-state index in [4.69, 9.17) is 20.2 Å². The maximum atomic E-state index is 13.4. The van der Waals surface area contributed by atoms with E-state index < -0.39 is 35.5 Å². The fourth-order valence-electron chi connectivity index (χ4n) is 5.69. The van der Waals surface area contributed by atoms with Gasteiger partial charge in [0.25, 0.3) is 5.91 Å². The van der Waals surface area contributed by atoms with Crippen molar-refractivity contribution < 1.29 is 23.9 Å². The first-order valence-electron chi connectivity index (χ1n) is 15.3. The van der Waals surface area contributed by atoms with Crippen LogP contribution in [0.4, 0.5) is 4.79 Å². The zero-order valence-corrected chi connectivity index (χ0v) is 25.6. The Morgan fingerprint density at radius 1 is 1.07 bits per heavy atom. The minimum atomic E-state index is -1.19. The summed E-state index contributed by atoms with van der Waals surface area (Å²) in [5, 5.41) is 5.42. The molecule has 4 N–H and O–H groups in total. The van der Waals surface area contributed by atoms with Gasteiger partial charge in [0.05, 0.1) is 24.8 Å². The summed E-state index contributed by atoms with van der Waals surface area (Å²) in [5.74, 6) is -0.550. The number of piperidine rings is 1. The molecule has 1 aliphatic carbocycles. The average Bonchev–Trinajstić information content (AvgIpc) is 3.60. The number of carbonyl (C=O) groups is 3. The molecule has 0 bridgehead atoms. The number of nitrogens with zero attached hydrogens (tertiary/aromatic N) is 3. The zero-order valence-electron chi connectivity index (χ0n) is 25.6. The highest BCUT2D eigenvalue weighted by Crippen LogP contribution is 2.39. The fraction of sp³-hybridized carbons (Fsp3) is 0.485. The number of hydrogen-bond acceptors (Lipinski definition) is 8. The fourth-order valence-corrected chi connectivity index (χ4v) is 5.69. The molecule has 11 heteroatoms. The number of likely N-dealkylation sites (tertiary alicyclic amines) is 1. The molecule has 1 saturated heterocycles. The zero-order chi connectivity index (χ0) is 31.3. The lowest BCUT2D eigenvalue weighted by Crippen LogP contribution is -2.57. The van der Waals surface area contributed by atoms with Crippen LogP contribution in [-0.2, 0) is 32.1 Å². The molecule has 2 aromatic rings. The number of aliphatic imine (C=N–C) groups is 2. The van der Waals surface area contributed by atoms with Crippen molar-refractivity contribution in [3.8, 4) is 0 Å². The van der Waals surface area contributed by atoms with Crippen LogP contribution in [0.2, 0.25) is 0 Å². The summed E-state index contributed by atoms with van der Waals surface area (Å²) >= 11 is 0. The maximum absolute atomic E-state index is 13.4. The van der Waals surface area contributed by atoms with Crippen LogP contribution in [0.25, 0.3) is 0 Å². The number of benzene rings is 2. The second kappa shape index (κ2) is 13.7. The summed E-state index contributed by atoms with van der Waals surface area (Å²) in [6.07, 6.45) is 3.47. The van der Waals surface area contributed by atoms with Gasteiger partial charge in [0.15, 0.2) is 0 Å². The number of ether oxygens (including phenoxy) is 2. The van der Waals surface area contributed by atoms with Crippen LogP contribution in [0, 0.1) is 5.92 Å². The Morgan fingerprint density at radius 3 is 2.50 bits per heavy atom. The quantitative estimate of drug-likeness (QED) is 0.402. The summed E-state index contributed by atoms with van der Waals surface area (Å²) in [7, 11) is 0. The first-order valence-corrected chi connectivity index (χ1v) is 15.3. The van der Waals surface area contributed by atoms with Crippen LogP contribution in [0.3, 0.4) is 0 Å². The van der Waals surface area contributed by atoms with E-state index in [1.807, 2.05) is 54.6 Å². The van der Waals surface area contributed by atoms with E-state index >= 15 is 0 Å². The SMILES string of the molecule is CC1CCN(C(=O)OC2Cc3ccccc3C2C2C=NC(NC(=O)C(COCc3ccccc3)NC(=O)C(C)(C)N)=N2)CC1. The summed E-state index contributed by atoms with van der Waals surface area (Å²) < 4.78 is 11.9. The number of rotatable bonds is 9. The number of nitrogens with one attached hydrogen (secondary N) is 2. The van der Waals surface area contributed by atoms with E-state index in [0.29, 0.717) is 25.4 Å². The minimum absolute atomic E-state index is 0.0771. The largest absolute Gasteiger partial charge is 0.445 e. The first kappa shape index (κ1) is 31.3. The van der Waals surface area contributed by atoms with Crippen molar-refractivity contribution >= 4 is 30.1 Å². The van der Waals surface area contributed by atoms with E-state index in [-0.39, 0.29) is 31.2 Å². The minimum Gasteiger partial charge on any atom is -0.445 e. The number of guanidine groups is 1. The number of carbonyl (C=O) groups excluding carboxylic acids is 3. The highest BCUT2D eigenvalue weighted by molar-refractivity contribution is 6.06. The van der Waals surface area contributed by atoms with Gasteiger partial charge in [-0.15, -0.1) is 0 Å². The highest BCUT2D eigenvalue weighted by Gasteiger charge is 2.42. The molecule has 2 aromatic carbocycles. The molecule has 44 heavy (non-hydrogen) atoms. The van der Waals surface area contributed by atoms with Crippen molar-refractivity contribution in [3.05, 3.63) is 71.3 Å². The predicted octanol–water partition coefficient (Wildman–Crippen LogP) is 2.93. The molecule has 5 rings (SSSR count). The van der Waals surface area contributed by atoms with Crippen molar-refractivity contribution in [2.45, 2.75) is 76.3 Å². The van der Waals surface area contributed by atoms with E-state index in [9.17, 15) is 14.4 Å². The van der Waals surface area contributed by atoms with Gasteiger partial charge < -0.3 is 25.4 Å². The summed E-state index contributed by atoms with van der Waals surface area (Å²) in [4.78, 5) is 50.0. The van der Waals surface area contributed by atoms with Gasteiger partial charge in [0, 0.05) is 31.6 Å². The molecule has 3 aliphatic rings. The number of amides is 3. The van der Waals surface area contributed by atoms with Crippen molar-refractivity contribution in [1.82, 2.24) is 15.5 Å². The van der Waals surface area contributed by atoms with E-state index in [2.05, 4.69) is 22.5 Å². The van der Waals surface area contributed by atoms with Gasteiger partial charge in [0.2, 0.25) is 11.9 Å². The smallest absolute Gasteiger partial charge is 0.410 e. The third-order valence-electron chi connectivity index (χ3n) is 8.36. The summed E-state index contributed by atoms with van der Waals surface area (Å²) in [6.45, 7) is 6.90. The molecule has 2 aliphatic heterocycles. The molecule has 3 amide bonds. The summed E-state index contributed by atoms with van der Waals surface area (Å²) in [6, 6.07) is 16.1. The Hall–Kier alpha value is -4.09. The lowest BCUT2D eigenvalue weighted by molar-refractivity contribution is -0.132. The normalized spacial score (nSPS) is 22.2. The van der Waals surface area contributed by atoms with Crippen molar-refractivity contribution in [3.63, 3.8) is 0 Å². The molecule has 0 aromatic heterocycles. The number of nitrogens with two attached hydrogens (primary N) is 1. The van der Waals surface area contributed by atoms with Crippen LogP contribution < -0.4 is 16.4 Å². The second-order valence-electron chi connectivity index (χ2n) is 12.5. The highest BCUT2D eigenvalue weighted by atomic mass is 16.6. The van der Waals surface area contributed by atoms with E-state index in [1.54, 1.807) is 25.0 Å². The van der Waals surface area contributed by atoms with Crippen LogP contribution in [-0.4, -0.2) is 78.4 Å². The Morgan fingerprint density at radius 2 is 1.77 bits per heavy atom. The predicted molar refractivity (Wildman–Crippen MR) is 167 cm³/mol. The van der Waals surface area contributed by atoms with E-state index in [0.717, 1.165) is 29.5 Å². The van der Waals surface area contributed by atoms with Gasteiger partial charge in [0.1, 0.15) is 12.1 Å². The molecule has 0 spiro atoms. The second-order valence-corrected chi connectivity index (χ2v) is 12.5. The monoisotopic (exact) mass is 602 g/mol. The van der Waals surface area contributed by atoms with Crippen LogP contribution >= 0.6 is 0 Å². The Labute approximate surface area is 258 Å². The van der Waals surface area contributed by atoms with Gasteiger partial charge in [-0.25, -0.2) is 14.8 Å². The maximum Gasteiger partial charge on any atom is 0.410 e. The molecule has 2 heterocycles. The lowest BCUT2D eigenvalue weighted by atomic mass is 9.92. The number of hydrogen-bond donors (Lipinski definition) is 3. The molecule has 1 fully saturated rings. The van der Waals surface area contributed by atoms with Gasteiger partial charge in [-0.1, -0.05) is 61.5 Å². The Kier molecular flexibility index (Phi) is 9.75. The van der Waals surface area contributed by atoms with Crippen molar-refractivity contribution in [2.75, 3.05) is 19.7 Å². The number of fused-ring (bicyclic) bond motifs is 1. The van der Waals surface area contributed by atoms with Crippen molar-refractivity contribution in [1.29, 1.82) is 0 Å². The topological polar surface area (TPSA) is 148 Å². The molecular weight excluding hydrogens is 560 g/mol. The molecule has 0 radical (unpaired) electrons. The van der Waals surface area contributed by atoms with E-state index in [1.165, 1.54) is 0 Å². The van der Waals surface area contributed by atoms with Crippen molar-refractivity contribution in [2.24, 2.45) is 21.6 Å². The Bertz CT molecular complexity index is 1400. The molecule has 234 valence electrons. The third-order valence-corrected chi connectivity index (χ3v) is 8.36. The standard InChI is InChI=1S/C33H42N6O5/c1-21-13-15-39(16-14-21)32(42)44-27-17-23-11-7-8-12-24(23)28(27)25-18-35-31(37-25)38-29(40)26(36-30(41)33(2,3)34)20-43-19-22-9-5-4-6-10-22/h4-12,18,21,25-28H,13-17,19-20,34H2,1-3H3,(H,36,41)(H,37,38,40). The van der Waals surface area contributed by atoms with Crippen LogP contribution in [0.15, 0.2) is 64.6 Å². The van der Waals surface area contributed by atoms with Gasteiger partial charge in [-0.2, -0.15) is 0 Å². The molecule has 0 saturated carbocycles. The summed E-state index contributed by atoms with van der Waals surface area (Å²) in [5.41, 5.74) is 7.87. The van der Waals surface area contributed by atoms with Gasteiger partial charge in [-0.3, -0.25) is 14.9 Å². The molecule has 4 atom stereocenters. The van der Waals surface area contributed by atoms with Gasteiger partial charge >= 0.3 is 6.09 Å². The van der Waals surface area contributed by atoms with Crippen LogP contribution in [0.1, 0.15) is 56.2 Å². The average molecular weight is 603 g/mol. The molecule has 11 nitrogen and oxygen atoms in total. The first-order chi connectivity index (χ1) is 21.1. The molecular formula is C33H42N6O5. The Balaban J connectivity index is 1.26. The third kappa shape index (κ3) is 7.70. The lowest BCUT2D eigenvalue weighted by Gasteiger charge is -2.32. The molecule has 4 unspecified atom stereocenters. The van der Waals surface area contributed by atoms with Crippen LogP contribution in [0.5, 0.6) is 0 Å². The van der Waals surface area contributed by atoms with Gasteiger partial charge in [-0.05, 0) is 49.3 Å².